The SMILES string of the molecule is CCCN(Cc1ncc(-c2ccc3c(c2)OC(c2cccc(OC)c2)C2=C3COc3cc(-c4cnc(C5CCCN5C(=O)C(C)NC(=O)OC)[nH]4)ccc32)[nH]1)C(=O)C(N)C(C)C. The first kappa shape index (κ1) is 42.1. The number of nitrogens with two attached hydrogens (primary N) is 1. The molecular formula is C47H54N8O7. The van der Waals surface area contributed by atoms with Gasteiger partial charge in [0.25, 0.3) is 0 Å². The lowest BCUT2D eigenvalue weighted by Crippen LogP contribution is -2.46. The number of carbonyl (C=O) groups excluding carboxylic acids is 3. The molecule has 62 heavy (non-hydrogen) atoms. The number of alkyl carbamates (subject to hydrolysis) is 1. The molecule has 2 aromatic heterocycles. The fraction of sp³-hybridized carbons (Fsp3) is 0.383. The van der Waals surface area contributed by atoms with Crippen molar-refractivity contribution in [2.24, 2.45) is 11.7 Å². The molecule has 4 unspecified atom stereocenters. The molecule has 5 heterocycles. The Labute approximate surface area is 361 Å². The van der Waals surface area contributed by atoms with Gasteiger partial charge in [-0.05, 0) is 56.4 Å². The number of benzene rings is 3. The molecular weight excluding hydrogens is 789 g/mol. The molecule has 0 bridgehead atoms. The van der Waals surface area contributed by atoms with Crippen LogP contribution in [0.3, 0.4) is 0 Å². The number of hydrogen-bond acceptors (Lipinski definition) is 10. The van der Waals surface area contributed by atoms with Gasteiger partial charge in [-0.2, -0.15) is 0 Å². The molecule has 4 atom stereocenters. The van der Waals surface area contributed by atoms with E-state index in [0.717, 1.165) is 75.4 Å². The van der Waals surface area contributed by atoms with E-state index in [1.54, 1.807) is 36.2 Å². The van der Waals surface area contributed by atoms with Crippen LogP contribution >= 0.6 is 0 Å². The van der Waals surface area contributed by atoms with Crippen LogP contribution in [-0.2, 0) is 20.9 Å². The van der Waals surface area contributed by atoms with Crippen molar-refractivity contribution in [2.45, 2.75) is 77.7 Å². The second kappa shape index (κ2) is 17.8. The van der Waals surface area contributed by atoms with Crippen molar-refractivity contribution < 1.29 is 33.3 Å². The highest BCUT2D eigenvalue weighted by Gasteiger charge is 2.37. The van der Waals surface area contributed by atoms with Gasteiger partial charge >= 0.3 is 6.09 Å². The number of methoxy groups -OCH3 is 2. The number of amides is 3. The average molecular weight is 843 g/mol. The Morgan fingerprint density at radius 1 is 0.968 bits per heavy atom. The highest BCUT2D eigenvalue weighted by atomic mass is 16.5. The van der Waals surface area contributed by atoms with Crippen molar-refractivity contribution >= 4 is 29.1 Å². The summed E-state index contributed by atoms with van der Waals surface area (Å²) >= 11 is 0. The Hall–Kier alpha value is -6.61. The number of nitrogens with one attached hydrogen (secondary N) is 3. The van der Waals surface area contributed by atoms with Crippen LogP contribution in [0.5, 0.6) is 17.2 Å². The zero-order valence-electron chi connectivity index (χ0n) is 36.0. The molecule has 1 fully saturated rings. The molecule has 3 aliphatic heterocycles. The summed E-state index contributed by atoms with van der Waals surface area (Å²) in [4.78, 5) is 58.1. The van der Waals surface area contributed by atoms with Gasteiger partial charge in [-0.1, -0.05) is 57.2 Å². The largest absolute Gasteiger partial charge is 0.497 e. The maximum Gasteiger partial charge on any atom is 0.407 e. The number of imidazole rings is 2. The van der Waals surface area contributed by atoms with Crippen LogP contribution in [0.15, 0.2) is 73.1 Å². The summed E-state index contributed by atoms with van der Waals surface area (Å²) in [6.45, 7) is 9.41. The minimum Gasteiger partial charge on any atom is -0.497 e. The zero-order valence-corrected chi connectivity index (χ0v) is 36.0. The topological polar surface area (TPSA) is 190 Å². The summed E-state index contributed by atoms with van der Waals surface area (Å²) in [5.74, 6) is 3.25. The van der Waals surface area contributed by atoms with Crippen molar-refractivity contribution in [3.8, 4) is 39.8 Å². The number of H-pyrrole nitrogens is 2. The van der Waals surface area contributed by atoms with Crippen LogP contribution in [0.2, 0.25) is 0 Å². The van der Waals surface area contributed by atoms with Gasteiger partial charge in [0.2, 0.25) is 11.8 Å². The molecule has 5 N–H and O–H groups in total. The van der Waals surface area contributed by atoms with Crippen LogP contribution in [0.25, 0.3) is 33.7 Å². The summed E-state index contributed by atoms with van der Waals surface area (Å²) in [5.41, 5.74) is 14.4. The van der Waals surface area contributed by atoms with Crippen molar-refractivity contribution in [2.75, 3.05) is 33.9 Å². The van der Waals surface area contributed by atoms with Crippen molar-refractivity contribution in [1.82, 2.24) is 35.1 Å². The normalized spacial score (nSPS) is 17.6. The van der Waals surface area contributed by atoms with Crippen LogP contribution in [0.1, 0.15) is 87.4 Å². The van der Waals surface area contributed by atoms with Crippen LogP contribution in [0.4, 0.5) is 4.79 Å². The molecule has 3 aliphatic rings. The number of aromatic nitrogens is 4. The van der Waals surface area contributed by atoms with Crippen LogP contribution in [-0.4, -0.2) is 93.6 Å². The van der Waals surface area contributed by atoms with Gasteiger partial charge in [0.15, 0.2) is 6.10 Å². The highest BCUT2D eigenvalue weighted by Crippen LogP contribution is 2.52. The van der Waals surface area contributed by atoms with Crippen LogP contribution in [0, 0.1) is 5.92 Å². The number of likely N-dealkylation sites (tertiary alicyclic amines) is 1. The van der Waals surface area contributed by atoms with Gasteiger partial charge in [-0.25, -0.2) is 14.8 Å². The first-order chi connectivity index (χ1) is 30.0. The number of fused-ring (bicyclic) bond motifs is 4. The molecule has 0 aliphatic carbocycles. The number of hydrogen-bond donors (Lipinski definition) is 4. The maximum absolute atomic E-state index is 13.3. The van der Waals surface area contributed by atoms with Gasteiger partial charge < -0.3 is 49.8 Å². The van der Waals surface area contributed by atoms with Gasteiger partial charge in [0, 0.05) is 52.1 Å². The second-order valence-corrected chi connectivity index (χ2v) is 16.4. The Morgan fingerprint density at radius 3 is 2.45 bits per heavy atom. The summed E-state index contributed by atoms with van der Waals surface area (Å²) in [7, 11) is 2.92. The molecule has 5 aromatic rings. The third kappa shape index (κ3) is 8.24. The van der Waals surface area contributed by atoms with Gasteiger partial charge in [0.05, 0.1) is 56.6 Å². The summed E-state index contributed by atoms with van der Waals surface area (Å²) < 4.78 is 23.9. The summed E-state index contributed by atoms with van der Waals surface area (Å²) in [6.07, 6.45) is 4.82. The number of ether oxygens (including phenoxy) is 4. The van der Waals surface area contributed by atoms with E-state index >= 15 is 0 Å². The fourth-order valence-corrected chi connectivity index (χ4v) is 8.52. The fourth-order valence-electron chi connectivity index (χ4n) is 8.52. The number of aromatic amines is 2. The van der Waals surface area contributed by atoms with Crippen molar-refractivity contribution in [1.29, 1.82) is 0 Å². The minimum atomic E-state index is -0.737. The highest BCUT2D eigenvalue weighted by molar-refractivity contribution is 6.00. The van der Waals surface area contributed by atoms with E-state index in [-0.39, 0.29) is 23.8 Å². The molecule has 15 nitrogen and oxygen atoms in total. The lowest BCUT2D eigenvalue weighted by atomic mass is 9.83. The molecule has 15 heteroatoms. The van der Waals surface area contributed by atoms with E-state index in [9.17, 15) is 14.4 Å². The molecule has 0 saturated carbocycles. The smallest absolute Gasteiger partial charge is 0.407 e. The maximum atomic E-state index is 13.3. The lowest BCUT2D eigenvalue weighted by molar-refractivity contribution is -0.134. The predicted molar refractivity (Wildman–Crippen MR) is 234 cm³/mol. The van der Waals surface area contributed by atoms with Gasteiger partial charge in [-0.3, -0.25) is 9.59 Å². The lowest BCUT2D eigenvalue weighted by Gasteiger charge is -2.35. The molecule has 1 saturated heterocycles. The average Bonchev–Trinajstić information content (AvgIpc) is 4.09. The third-order valence-corrected chi connectivity index (χ3v) is 11.9. The standard InChI is InChI=1S/C47H54N8O7/c1-7-17-54(46(57)42(48)26(2)3)24-40-49-22-35(52-40)29-13-15-32-34-25-61-38-20-28(14-16-33(38)41(34)43(62-39(32)21-29)30-10-8-11-31(19-30)59-5)36-23-50-44(53-36)37-12-9-18-55(37)45(56)27(4)51-47(58)60-6/h8,10-11,13-16,19-23,26-27,37,42-43H,7,9,12,17-18,24-25,48H2,1-6H3,(H,49,52)(H,50,53)(H,51,58). The molecule has 3 amide bonds. The molecule has 0 radical (unpaired) electrons. The molecule has 324 valence electrons. The quantitative estimate of drug-likeness (QED) is 0.0957. The summed E-state index contributed by atoms with van der Waals surface area (Å²) in [6, 6.07) is 18.6. The zero-order chi connectivity index (χ0) is 43.7. The van der Waals surface area contributed by atoms with Crippen molar-refractivity contribution in [3.63, 3.8) is 0 Å². The van der Waals surface area contributed by atoms with Crippen molar-refractivity contribution in [3.05, 3.63) is 101 Å². The minimum absolute atomic E-state index is 0.0291. The molecule has 3 aromatic carbocycles. The van der Waals surface area contributed by atoms with Gasteiger partial charge in [-0.15, -0.1) is 0 Å². The van der Waals surface area contributed by atoms with E-state index in [2.05, 4.69) is 37.1 Å². The van der Waals surface area contributed by atoms with E-state index in [0.29, 0.717) is 49.4 Å². The second-order valence-electron chi connectivity index (χ2n) is 16.4. The Bertz CT molecular complexity index is 2510. The Kier molecular flexibility index (Phi) is 12.1. The molecule has 0 spiro atoms. The first-order valence-electron chi connectivity index (χ1n) is 21.2. The number of rotatable bonds is 13. The van der Waals surface area contributed by atoms with Gasteiger partial charge in [0.1, 0.15) is 41.5 Å². The number of nitrogens with zero attached hydrogens (tertiary/aromatic N) is 4. The number of carbonyl (C=O) groups is 3. The summed E-state index contributed by atoms with van der Waals surface area (Å²) in [5, 5.41) is 2.58. The van der Waals surface area contributed by atoms with E-state index in [4.69, 9.17) is 24.9 Å². The predicted octanol–water partition coefficient (Wildman–Crippen LogP) is 7.04. The van der Waals surface area contributed by atoms with E-state index in [1.807, 2.05) is 69.3 Å². The first-order valence-corrected chi connectivity index (χ1v) is 21.2. The van der Waals surface area contributed by atoms with E-state index in [1.165, 1.54) is 7.11 Å². The molecule has 8 rings (SSSR count). The Morgan fingerprint density at radius 2 is 1.71 bits per heavy atom. The van der Waals surface area contributed by atoms with E-state index < -0.39 is 24.3 Å². The third-order valence-electron chi connectivity index (χ3n) is 11.9. The Balaban J connectivity index is 1.09. The monoisotopic (exact) mass is 842 g/mol. The van der Waals surface area contributed by atoms with Crippen LogP contribution < -0.4 is 25.3 Å².